The summed E-state index contributed by atoms with van der Waals surface area (Å²) in [7, 11) is 0. The summed E-state index contributed by atoms with van der Waals surface area (Å²) in [5, 5.41) is 2.58. The number of carbonyl (C=O) groups excluding carboxylic acids is 2. The Bertz CT molecular complexity index is 828. The molecular weight excluding hydrogens is 495 g/mol. The maximum absolute atomic E-state index is 12.7. The van der Waals surface area contributed by atoms with Gasteiger partial charge in [-0.1, -0.05) is 18.2 Å². The highest BCUT2D eigenvalue weighted by Crippen LogP contribution is 2.26. The highest BCUT2D eigenvalue weighted by molar-refractivity contribution is 14.1. The monoisotopic (exact) mass is 502 g/mol. The standard InChI is InChI=1S/C15H8BrIN2O3S/c16-11-7-9(22-12(11)17)6-10-13(20)18-15(23)19(14(10)21)8-4-2-1-3-5-8/h1-7H,(H,18,20,23)/b10-6+. The maximum Gasteiger partial charge on any atom is 0.270 e. The largest absolute Gasteiger partial charge is 0.450 e. The first kappa shape index (κ1) is 16.3. The Morgan fingerprint density at radius 1 is 1.26 bits per heavy atom. The first-order valence-electron chi connectivity index (χ1n) is 6.38. The van der Waals surface area contributed by atoms with Crippen LogP contribution in [-0.2, 0) is 9.59 Å². The number of rotatable bonds is 2. The first-order valence-corrected chi connectivity index (χ1v) is 8.66. The Hall–Kier alpha value is -1.52. The quantitative estimate of drug-likeness (QED) is 0.295. The van der Waals surface area contributed by atoms with Crippen molar-refractivity contribution in [2.45, 2.75) is 0 Å². The second kappa shape index (κ2) is 6.54. The molecule has 116 valence electrons. The third-order valence-electron chi connectivity index (χ3n) is 3.07. The van der Waals surface area contributed by atoms with Crippen LogP contribution in [0, 0.1) is 3.77 Å². The van der Waals surface area contributed by atoms with Crippen molar-refractivity contribution in [2.75, 3.05) is 4.90 Å². The molecule has 3 rings (SSSR count). The van der Waals surface area contributed by atoms with E-state index in [1.54, 1.807) is 30.3 Å². The van der Waals surface area contributed by atoms with Gasteiger partial charge in [0.15, 0.2) is 8.88 Å². The molecule has 0 unspecified atom stereocenters. The van der Waals surface area contributed by atoms with Crippen molar-refractivity contribution in [2.24, 2.45) is 0 Å². The lowest BCUT2D eigenvalue weighted by Crippen LogP contribution is -2.54. The molecule has 1 aromatic carbocycles. The molecule has 2 heterocycles. The molecule has 1 aliphatic rings. The highest BCUT2D eigenvalue weighted by atomic mass is 127. The molecule has 0 spiro atoms. The molecule has 2 aromatic rings. The molecule has 23 heavy (non-hydrogen) atoms. The average molecular weight is 503 g/mol. The topological polar surface area (TPSA) is 62.6 Å². The number of hydrogen-bond donors (Lipinski definition) is 1. The van der Waals surface area contributed by atoms with Crippen LogP contribution >= 0.6 is 50.7 Å². The Kier molecular flexibility index (Phi) is 4.64. The van der Waals surface area contributed by atoms with Gasteiger partial charge < -0.3 is 4.42 Å². The van der Waals surface area contributed by atoms with Gasteiger partial charge in [-0.05, 0) is 52.4 Å². The van der Waals surface area contributed by atoms with Gasteiger partial charge in [0.05, 0.1) is 10.2 Å². The number of para-hydroxylation sites is 1. The number of halogens is 2. The Labute approximate surface area is 159 Å². The maximum atomic E-state index is 12.7. The SMILES string of the molecule is O=C1NC(=S)N(c2ccccc2)C(=O)/C1=C/c1cc(Br)c(I)o1. The summed E-state index contributed by atoms with van der Waals surface area (Å²) in [5.74, 6) is -0.636. The van der Waals surface area contributed by atoms with Gasteiger partial charge >= 0.3 is 0 Å². The lowest BCUT2D eigenvalue weighted by Gasteiger charge is -2.28. The molecule has 2 amide bonds. The molecule has 0 atom stereocenters. The summed E-state index contributed by atoms with van der Waals surface area (Å²) < 4.78 is 6.85. The predicted molar refractivity (Wildman–Crippen MR) is 102 cm³/mol. The predicted octanol–water partition coefficient (Wildman–Crippen LogP) is 3.48. The van der Waals surface area contributed by atoms with Crippen molar-refractivity contribution in [1.29, 1.82) is 0 Å². The van der Waals surface area contributed by atoms with Crippen LogP contribution in [0.3, 0.4) is 0 Å². The molecular formula is C15H8BrIN2O3S. The Morgan fingerprint density at radius 2 is 1.96 bits per heavy atom. The fraction of sp³-hybridized carbons (Fsp3) is 0. The molecule has 0 bridgehead atoms. The summed E-state index contributed by atoms with van der Waals surface area (Å²) >= 11 is 10.4. The zero-order valence-corrected chi connectivity index (χ0v) is 15.9. The van der Waals surface area contributed by atoms with Gasteiger partial charge in [0.25, 0.3) is 11.8 Å². The van der Waals surface area contributed by atoms with E-state index in [9.17, 15) is 9.59 Å². The highest BCUT2D eigenvalue weighted by Gasteiger charge is 2.34. The van der Waals surface area contributed by atoms with E-state index >= 15 is 0 Å². The van der Waals surface area contributed by atoms with Crippen molar-refractivity contribution in [1.82, 2.24) is 5.32 Å². The minimum atomic E-state index is -0.547. The number of nitrogens with one attached hydrogen (secondary N) is 1. The van der Waals surface area contributed by atoms with Gasteiger partial charge in [-0.25, -0.2) is 0 Å². The van der Waals surface area contributed by atoms with Gasteiger partial charge in [0.2, 0.25) is 0 Å². The van der Waals surface area contributed by atoms with E-state index < -0.39 is 11.8 Å². The molecule has 0 radical (unpaired) electrons. The molecule has 0 aliphatic carbocycles. The smallest absolute Gasteiger partial charge is 0.270 e. The van der Waals surface area contributed by atoms with E-state index in [1.165, 1.54) is 11.0 Å². The first-order chi connectivity index (χ1) is 11.0. The zero-order chi connectivity index (χ0) is 16.6. The van der Waals surface area contributed by atoms with Crippen LogP contribution in [0.4, 0.5) is 5.69 Å². The second-order valence-corrected chi connectivity index (χ2v) is 6.78. The van der Waals surface area contributed by atoms with E-state index in [1.807, 2.05) is 28.7 Å². The second-order valence-electron chi connectivity index (χ2n) is 4.56. The number of amides is 2. The van der Waals surface area contributed by atoms with Crippen molar-refractivity contribution >= 4 is 79.4 Å². The summed E-state index contributed by atoms with van der Waals surface area (Å²) in [5.41, 5.74) is 0.545. The van der Waals surface area contributed by atoms with E-state index in [2.05, 4.69) is 21.2 Å². The molecule has 0 saturated carbocycles. The summed E-state index contributed by atoms with van der Waals surface area (Å²) in [6, 6.07) is 10.6. The van der Waals surface area contributed by atoms with Crippen molar-refractivity contribution < 1.29 is 14.0 Å². The molecule has 8 heteroatoms. The number of hydrogen-bond acceptors (Lipinski definition) is 4. The third-order valence-corrected chi connectivity index (χ3v) is 5.48. The number of carbonyl (C=O) groups is 2. The van der Waals surface area contributed by atoms with Gasteiger partial charge in [0, 0.05) is 22.6 Å². The molecule has 1 N–H and O–H groups in total. The van der Waals surface area contributed by atoms with Crippen molar-refractivity contribution in [3.63, 3.8) is 0 Å². The van der Waals surface area contributed by atoms with Crippen LogP contribution in [0.5, 0.6) is 0 Å². The van der Waals surface area contributed by atoms with E-state index in [4.69, 9.17) is 16.6 Å². The van der Waals surface area contributed by atoms with Crippen molar-refractivity contribution in [3.8, 4) is 0 Å². The van der Waals surface area contributed by atoms with Crippen LogP contribution < -0.4 is 10.2 Å². The van der Waals surface area contributed by atoms with Gasteiger partial charge in [-0.15, -0.1) is 0 Å². The summed E-state index contributed by atoms with van der Waals surface area (Å²) in [6.07, 6.45) is 1.41. The van der Waals surface area contributed by atoms with Crippen LogP contribution in [0.1, 0.15) is 5.76 Å². The zero-order valence-electron chi connectivity index (χ0n) is 11.4. The number of benzene rings is 1. The number of thiocarbonyl (C=S) groups is 1. The van der Waals surface area contributed by atoms with Gasteiger partial charge in [-0.3, -0.25) is 19.8 Å². The molecule has 1 aromatic heterocycles. The number of anilines is 1. The Morgan fingerprint density at radius 3 is 2.57 bits per heavy atom. The number of nitrogens with zero attached hydrogens (tertiary/aromatic N) is 1. The van der Waals surface area contributed by atoms with Crippen LogP contribution in [0.2, 0.25) is 0 Å². The lowest BCUT2D eigenvalue weighted by atomic mass is 10.1. The van der Waals surface area contributed by atoms with E-state index in [0.29, 0.717) is 15.2 Å². The lowest BCUT2D eigenvalue weighted by molar-refractivity contribution is -0.122. The van der Waals surface area contributed by atoms with E-state index in [0.717, 1.165) is 4.47 Å². The molecule has 5 nitrogen and oxygen atoms in total. The minimum Gasteiger partial charge on any atom is -0.450 e. The molecule has 1 fully saturated rings. The Balaban J connectivity index is 2.02. The summed E-state index contributed by atoms with van der Waals surface area (Å²) in [4.78, 5) is 26.1. The van der Waals surface area contributed by atoms with E-state index in [-0.39, 0.29) is 10.7 Å². The fourth-order valence-electron chi connectivity index (χ4n) is 2.05. The fourth-order valence-corrected chi connectivity index (χ4v) is 3.04. The van der Waals surface area contributed by atoms with Crippen LogP contribution in [0.25, 0.3) is 6.08 Å². The normalized spacial score (nSPS) is 16.9. The van der Waals surface area contributed by atoms with Gasteiger partial charge in [-0.2, -0.15) is 0 Å². The number of furan rings is 1. The molecule has 1 aliphatic heterocycles. The summed E-state index contributed by atoms with van der Waals surface area (Å²) in [6.45, 7) is 0. The van der Waals surface area contributed by atoms with Crippen molar-refractivity contribution in [3.05, 3.63) is 56.0 Å². The van der Waals surface area contributed by atoms with Crippen LogP contribution in [-0.4, -0.2) is 16.9 Å². The molecule has 1 saturated heterocycles. The van der Waals surface area contributed by atoms with Crippen LogP contribution in [0.15, 0.2) is 50.9 Å². The third kappa shape index (κ3) is 3.24. The average Bonchev–Trinajstić information content (AvgIpc) is 2.83. The van der Waals surface area contributed by atoms with Gasteiger partial charge in [0.1, 0.15) is 11.3 Å². The minimum absolute atomic E-state index is 0.0416.